The SMILES string of the molecule is CC(=O)c1ccc(N2CCN(CCC(=O)Nc3cc(C)on3)CC2)c(F)c1. The Hall–Kier alpha value is -2.74. The van der Waals surface area contributed by atoms with Crippen molar-refractivity contribution in [1.29, 1.82) is 0 Å². The predicted molar refractivity (Wildman–Crippen MR) is 99.5 cm³/mol. The molecule has 1 N–H and O–H groups in total. The zero-order valence-corrected chi connectivity index (χ0v) is 15.5. The lowest BCUT2D eigenvalue weighted by molar-refractivity contribution is -0.116. The summed E-state index contributed by atoms with van der Waals surface area (Å²) < 4.78 is 19.2. The number of benzene rings is 1. The molecule has 27 heavy (non-hydrogen) atoms. The molecule has 1 aromatic heterocycles. The number of halogens is 1. The quantitative estimate of drug-likeness (QED) is 0.783. The van der Waals surface area contributed by atoms with E-state index >= 15 is 0 Å². The van der Waals surface area contributed by atoms with Crippen LogP contribution in [0, 0.1) is 12.7 Å². The van der Waals surface area contributed by atoms with Crippen molar-refractivity contribution >= 4 is 23.2 Å². The summed E-state index contributed by atoms with van der Waals surface area (Å²) in [5, 5.41) is 6.44. The number of aromatic nitrogens is 1. The Labute approximate surface area is 157 Å². The van der Waals surface area contributed by atoms with Crippen molar-refractivity contribution in [1.82, 2.24) is 10.1 Å². The van der Waals surface area contributed by atoms with Gasteiger partial charge in [-0.1, -0.05) is 5.16 Å². The third kappa shape index (κ3) is 4.91. The molecular formula is C19H23FN4O3. The summed E-state index contributed by atoms with van der Waals surface area (Å²) in [6.45, 7) is 6.63. The highest BCUT2D eigenvalue weighted by Gasteiger charge is 2.20. The number of nitrogens with one attached hydrogen (secondary N) is 1. The number of amides is 1. The Bertz CT molecular complexity index is 828. The number of nitrogens with zero attached hydrogens (tertiary/aromatic N) is 3. The number of aryl methyl sites for hydroxylation is 1. The first-order chi connectivity index (χ1) is 12.9. The number of hydrogen-bond donors (Lipinski definition) is 1. The fourth-order valence-corrected chi connectivity index (χ4v) is 3.09. The van der Waals surface area contributed by atoms with Crippen LogP contribution >= 0.6 is 0 Å². The zero-order chi connectivity index (χ0) is 19.4. The highest BCUT2D eigenvalue weighted by Crippen LogP contribution is 2.22. The molecule has 0 atom stereocenters. The van der Waals surface area contributed by atoms with Crippen LogP contribution in [-0.4, -0.2) is 54.5 Å². The first kappa shape index (κ1) is 19.0. The maximum Gasteiger partial charge on any atom is 0.226 e. The van der Waals surface area contributed by atoms with Gasteiger partial charge in [-0.05, 0) is 32.0 Å². The van der Waals surface area contributed by atoms with Crippen molar-refractivity contribution in [3.63, 3.8) is 0 Å². The van der Waals surface area contributed by atoms with E-state index in [2.05, 4.69) is 15.4 Å². The van der Waals surface area contributed by atoms with E-state index in [-0.39, 0.29) is 17.5 Å². The summed E-state index contributed by atoms with van der Waals surface area (Å²) in [4.78, 5) is 27.5. The molecule has 1 saturated heterocycles. The van der Waals surface area contributed by atoms with Crippen LogP contribution in [0.4, 0.5) is 15.9 Å². The molecule has 1 amide bonds. The average Bonchev–Trinajstić information content (AvgIpc) is 3.05. The lowest BCUT2D eigenvalue weighted by Crippen LogP contribution is -2.47. The second-order valence-electron chi connectivity index (χ2n) is 6.67. The molecule has 2 heterocycles. The van der Waals surface area contributed by atoms with Gasteiger partial charge < -0.3 is 14.7 Å². The highest BCUT2D eigenvalue weighted by molar-refractivity contribution is 5.94. The van der Waals surface area contributed by atoms with Gasteiger partial charge in [-0.3, -0.25) is 14.5 Å². The van der Waals surface area contributed by atoms with Crippen LogP contribution in [0.5, 0.6) is 0 Å². The molecule has 0 saturated carbocycles. The molecule has 1 aliphatic heterocycles. The Morgan fingerprint density at radius 1 is 1.22 bits per heavy atom. The smallest absolute Gasteiger partial charge is 0.226 e. The molecule has 3 rings (SSSR count). The van der Waals surface area contributed by atoms with E-state index in [1.165, 1.54) is 13.0 Å². The minimum absolute atomic E-state index is 0.114. The van der Waals surface area contributed by atoms with Gasteiger partial charge in [0.25, 0.3) is 0 Å². The maximum atomic E-state index is 14.3. The number of anilines is 2. The van der Waals surface area contributed by atoms with Crippen LogP contribution in [-0.2, 0) is 4.79 Å². The summed E-state index contributed by atoms with van der Waals surface area (Å²) in [6, 6.07) is 6.28. The van der Waals surface area contributed by atoms with Crippen molar-refractivity contribution in [2.75, 3.05) is 42.9 Å². The molecule has 0 unspecified atom stereocenters. The van der Waals surface area contributed by atoms with Gasteiger partial charge in [0.1, 0.15) is 11.6 Å². The summed E-state index contributed by atoms with van der Waals surface area (Å²) in [7, 11) is 0. The lowest BCUT2D eigenvalue weighted by Gasteiger charge is -2.36. The van der Waals surface area contributed by atoms with E-state index in [1.807, 2.05) is 4.90 Å². The summed E-state index contributed by atoms with van der Waals surface area (Å²) in [6.07, 6.45) is 0.355. The predicted octanol–water partition coefficient (Wildman–Crippen LogP) is 2.48. The molecule has 8 heteroatoms. The highest BCUT2D eigenvalue weighted by atomic mass is 19.1. The molecule has 0 radical (unpaired) electrons. The molecule has 1 aliphatic rings. The molecular weight excluding hydrogens is 351 g/mol. The van der Waals surface area contributed by atoms with E-state index in [9.17, 15) is 14.0 Å². The Morgan fingerprint density at radius 3 is 2.56 bits per heavy atom. The number of ketones is 1. The second kappa shape index (κ2) is 8.30. The normalized spacial score (nSPS) is 15.0. The van der Waals surface area contributed by atoms with Crippen LogP contribution in [0.1, 0.15) is 29.5 Å². The standard InChI is InChI=1S/C19H23FN4O3/c1-13-11-18(22-27-13)21-19(26)5-6-23-7-9-24(10-8-23)17-4-3-15(14(2)25)12-16(17)20/h3-4,11-12H,5-10H2,1-2H3,(H,21,22,26). The van der Waals surface area contributed by atoms with Gasteiger partial charge in [0.2, 0.25) is 5.91 Å². The van der Waals surface area contributed by atoms with Gasteiger partial charge >= 0.3 is 0 Å². The second-order valence-corrected chi connectivity index (χ2v) is 6.67. The topological polar surface area (TPSA) is 78.7 Å². The van der Waals surface area contributed by atoms with Crippen LogP contribution in [0.25, 0.3) is 0 Å². The summed E-state index contributed by atoms with van der Waals surface area (Å²) >= 11 is 0. The Kier molecular flexibility index (Phi) is 5.85. The van der Waals surface area contributed by atoms with Crippen molar-refractivity contribution < 1.29 is 18.5 Å². The minimum atomic E-state index is -0.376. The van der Waals surface area contributed by atoms with Crippen molar-refractivity contribution in [2.24, 2.45) is 0 Å². The van der Waals surface area contributed by atoms with Crippen LogP contribution in [0.2, 0.25) is 0 Å². The number of carbonyl (C=O) groups excluding carboxylic acids is 2. The molecule has 2 aromatic rings. The number of piperazine rings is 1. The fraction of sp³-hybridized carbons (Fsp3) is 0.421. The van der Waals surface area contributed by atoms with Gasteiger partial charge in [0.05, 0.1) is 5.69 Å². The third-order valence-electron chi connectivity index (χ3n) is 4.62. The van der Waals surface area contributed by atoms with E-state index in [0.717, 1.165) is 13.1 Å². The molecule has 1 fully saturated rings. The minimum Gasteiger partial charge on any atom is -0.367 e. The first-order valence-electron chi connectivity index (χ1n) is 8.93. The van der Waals surface area contributed by atoms with E-state index in [1.54, 1.807) is 25.1 Å². The van der Waals surface area contributed by atoms with Crippen LogP contribution in [0.15, 0.2) is 28.8 Å². The van der Waals surface area contributed by atoms with Crippen LogP contribution < -0.4 is 10.2 Å². The number of rotatable bonds is 6. The number of carbonyl (C=O) groups is 2. The number of Topliss-reactive ketones (excluding diaryl/α,β-unsaturated/α-hetero) is 1. The molecule has 7 nitrogen and oxygen atoms in total. The summed E-state index contributed by atoms with van der Waals surface area (Å²) in [5.41, 5.74) is 0.891. The largest absolute Gasteiger partial charge is 0.367 e. The fourth-order valence-electron chi connectivity index (χ4n) is 3.09. The first-order valence-corrected chi connectivity index (χ1v) is 8.93. The van der Waals surface area contributed by atoms with Crippen molar-refractivity contribution in [2.45, 2.75) is 20.3 Å². The van der Waals surface area contributed by atoms with E-state index < -0.39 is 0 Å². The molecule has 0 bridgehead atoms. The Balaban J connectivity index is 1.46. The Morgan fingerprint density at radius 2 is 1.96 bits per heavy atom. The van der Waals surface area contributed by atoms with Gasteiger partial charge in [-0.2, -0.15) is 0 Å². The lowest BCUT2D eigenvalue weighted by atomic mass is 10.1. The number of hydrogen-bond acceptors (Lipinski definition) is 6. The van der Waals surface area contributed by atoms with Gasteiger partial charge in [0.15, 0.2) is 11.6 Å². The molecule has 144 valence electrons. The van der Waals surface area contributed by atoms with Crippen molar-refractivity contribution in [3.8, 4) is 0 Å². The molecule has 0 aliphatic carbocycles. The van der Waals surface area contributed by atoms with Crippen LogP contribution in [0.3, 0.4) is 0 Å². The van der Waals surface area contributed by atoms with E-state index in [4.69, 9.17) is 4.52 Å². The van der Waals surface area contributed by atoms with Gasteiger partial charge in [-0.25, -0.2) is 4.39 Å². The summed E-state index contributed by atoms with van der Waals surface area (Å²) in [5.74, 6) is 0.427. The zero-order valence-electron chi connectivity index (χ0n) is 15.5. The molecule has 0 spiro atoms. The molecule has 1 aromatic carbocycles. The van der Waals surface area contributed by atoms with E-state index in [0.29, 0.717) is 48.9 Å². The van der Waals surface area contributed by atoms with Gasteiger partial charge in [0, 0.05) is 50.8 Å². The average molecular weight is 374 g/mol. The van der Waals surface area contributed by atoms with Crippen molar-refractivity contribution in [3.05, 3.63) is 41.4 Å². The maximum absolute atomic E-state index is 14.3. The third-order valence-corrected chi connectivity index (χ3v) is 4.62. The van der Waals surface area contributed by atoms with Gasteiger partial charge in [-0.15, -0.1) is 0 Å². The monoisotopic (exact) mass is 374 g/mol.